The Balaban J connectivity index is 1.24. The molecule has 4 aromatic carbocycles. The predicted octanol–water partition coefficient (Wildman–Crippen LogP) is 4.76. The van der Waals surface area contributed by atoms with E-state index in [0.29, 0.717) is 37.4 Å². The summed E-state index contributed by atoms with van der Waals surface area (Å²) < 4.78 is 11.8. The summed E-state index contributed by atoms with van der Waals surface area (Å²) in [6.45, 7) is 3.47. The third-order valence-corrected chi connectivity index (χ3v) is 7.08. The maximum absolute atomic E-state index is 13.5. The van der Waals surface area contributed by atoms with Crippen molar-refractivity contribution in [2.45, 2.75) is 33.0 Å². The molecule has 0 unspecified atom stereocenters. The minimum Gasteiger partial charge on any atom is -0.489 e. The highest BCUT2D eigenvalue weighted by atomic mass is 16.5. The molecular formula is C34H33N3O6. The summed E-state index contributed by atoms with van der Waals surface area (Å²) in [5.41, 5.74) is 5.87. The lowest BCUT2D eigenvalue weighted by atomic mass is 9.96. The summed E-state index contributed by atoms with van der Waals surface area (Å²) in [4.78, 5) is 40.1. The van der Waals surface area contributed by atoms with Crippen LogP contribution in [0.1, 0.15) is 39.0 Å². The number of aryl methyl sites for hydroxylation is 1. The van der Waals surface area contributed by atoms with E-state index in [4.69, 9.17) is 9.26 Å². The van der Waals surface area contributed by atoms with Gasteiger partial charge >= 0.3 is 11.4 Å². The van der Waals surface area contributed by atoms with Crippen molar-refractivity contribution < 1.29 is 19.2 Å². The highest BCUT2D eigenvalue weighted by Crippen LogP contribution is 2.27. The average Bonchev–Trinajstić information content (AvgIpc) is 3.34. The number of benzene rings is 4. The van der Waals surface area contributed by atoms with Gasteiger partial charge in [0.1, 0.15) is 12.4 Å². The molecule has 9 nitrogen and oxygen atoms in total. The number of rotatable bonds is 12. The molecule has 0 fully saturated rings. The first-order valence-electron chi connectivity index (χ1n) is 14.1. The molecule has 5 rings (SSSR count). The van der Waals surface area contributed by atoms with Gasteiger partial charge < -0.3 is 19.3 Å². The fraction of sp³-hybridized carbons (Fsp3) is 0.206. The van der Waals surface area contributed by atoms with E-state index in [0.717, 1.165) is 38.1 Å². The summed E-state index contributed by atoms with van der Waals surface area (Å²) in [5, 5.41) is 9.37. The second-order valence-corrected chi connectivity index (χ2v) is 10.3. The molecule has 1 aromatic heterocycles. The van der Waals surface area contributed by atoms with Crippen LogP contribution in [0.5, 0.6) is 5.75 Å². The molecule has 5 aromatic rings. The number of H-pyrrole nitrogens is 1. The standard InChI is InChI=1S/C34H33N3O6/c1-24-19-29(32(39)36(17-6-18-38)21-25-7-3-2-4-8-25)13-16-31(24)28-10-5-9-27(20-28)23-42-30-14-11-26(12-15-30)22-37-33(40)35-34(41)43-37/h2-5,7-16,19-20,38H,6,17-18,21-23H2,1H3,(H,35,40,41). The van der Waals surface area contributed by atoms with Crippen LogP contribution >= 0.6 is 0 Å². The maximum atomic E-state index is 13.5. The van der Waals surface area contributed by atoms with E-state index in [1.165, 1.54) is 0 Å². The van der Waals surface area contributed by atoms with Crippen LogP contribution in [0.15, 0.2) is 111 Å². The topological polar surface area (TPSA) is 118 Å². The van der Waals surface area contributed by atoms with E-state index in [9.17, 15) is 19.5 Å². The third kappa shape index (κ3) is 7.58. The number of amides is 1. The van der Waals surface area contributed by atoms with Gasteiger partial charge in [-0.3, -0.25) is 4.79 Å². The number of nitrogens with zero attached hydrogens (tertiary/aromatic N) is 2. The molecule has 220 valence electrons. The predicted molar refractivity (Wildman–Crippen MR) is 163 cm³/mol. The number of hydrogen-bond donors (Lipinski definition) is 2. The van der Waals surface area contributed by atoms with Crippen LogP contribution in [0.2, 0.25) is 0 Å². The third-order valence-electron chi connectivity index (χ3n) is 7.08. The Morgan fingerprint density at radius 3 is 2.37 bits per heavy atom. The second-order valence-electron chi connectivity index (χ2n) is 10.3. The first-order valence-corrected chi connectivity index (χ1v) is 14.1. The van der Waals surface area contributed by atoms with Crippen molar-refractivity contribution in [1.82, 2.24) is 14.6 Å². The molecule has 0 aliphatic heterocycles. The number of nitrogens with one attached hydrogen (secondary N) is 1. The number of carbonyl (C=O) groups is 1. The molecule has 0 aliphatic carbocycles. The van der Waals surface area contributed by atoms with Crippen molar-refractivity contribution in [2.75, 3.05) is 13.2 Å². The number of aromatic amines is 1. The number of aromatic nitrogens is 2. The molecular weight excluding hydrogens is 546 g/mol. The molecule has 9 heteroatoms. The molecule has 0 atom stereocenters. The van der Waals surface area contributed by atoms with E-state index < -0.39 is 11.4 Å². The smallest absolute Gasteiger partial charge is 0.440 e. The average molecular weight is 580 g/mol. The molecule has 1 amide bonds. The molecule has 0 aliphatic rings. The highest BCUT2D eigenvalue weighted by Gasteiger charge is 2.17. The van der Waals surface area contributed by atoms with Crippen LogP contribution in [0.3, 0.4) is 0 Å². The van der Waals surface area contributed by atoms with E-state index >= 15 is 0 Å². The Morgan fingerprint density at radius 2 is 1.67 bits per heavy atom. The van der Waals surface area contributed by atoms with E-state index in [1.54, 1.807) is 17.0 Å². The zero-order valence-corrected chi connectivity index (χ0v) is 23.9. The van der Waals surface area contributed by atoms with Gasteiger partial charge in [0.25, 0.3) is 5.91 Å². The maximum Gasteiger partial charge on any atom is 0.440 e. The summed E-state index contributed by atoms with van der Waals surface area (Å²) in [7, 11) is 0. The molecule has 0 saturated heterocycles. The quantitative estimate of drug-likeness (QED) is 0.220. The number of hydrogen-bond acceptors (Lipinski definition) is 6. The molecule has 0 saturated carbocycles. The Kier molecular flexibility index (Phi) is 9.33. The largest absolute Gasteiger partial charge is 0.489 e. The molecule has 0 spiro atoms. The number of carbonyl (C=O) groups excluding carboxylic acids is 1. The summed E-state index contributed by atoms with van der Waals surface area (Å²) >= 11 is 0. The number of aliphatic hydroxyl groups excluding tert-OH is 1. The molecule has 1 heterocycles. The van der Waals surface area contributed by atoms with Crippen LogP contribution in [0.4, 0.5) is 0 Å². The lowest BCUT2D eigenvalue weighted by Crippen LogP contribution is -2.32. The van der Waals surface area contributed by atoms with Crippen LogP contribution in [0.25, 0.3) is 11.1 Å². The Morgan fingerprint density at radius 1 is 0.907 bits per heavy atom. The van der Waals surface area contributed by atoms with Crippen molar-refractivity contribution in [3.63, 3.8) is 0 Å². The summed E-state index contributed by atoms with van der Waals surface area (Å²) in [5.74, 6) is -0.186. The van der Waals surface area contributed by atoms with Crippen molar-refractivity contribution in [1.29, 1.82) is 0 Å². The minimum absolute atomic E-state index is 0.0271. The van der Waals surface area contributed by atoms with Gasteiger partial charge in [-0.15, -0.1) is 4.74 Å². The molecule has 2 N–H and O–H groups in total. The Hall–Kier alpha value is -5.15. The van der Waals surface area contributed by atoms with Gasteiger partial charge in [-0.2, -0.15) is 0 Å². The van der Waals surface area contributed by atoms with Crippen LogP contribution in [0, 0.1) is 6.92 Å². The Bertz CT molecular complexity index is 1790. The van der Waals surface area contributed by atoms with Gasteiger partial charge in [0.2, 0.25) is 0 Å². The minimum atomic E-state index is -0.786. The zero-order valence-electron chi connectivity index (χ0n) is 23.9. The zero-order chi connectivity index (χ0) is 30.2. The van der Waals surface area contributed by atoms with E-state index in [2.05, 4.69) is 11.1 Å². The first-order chi connectivity index (χ1) is 20.9. The van der Waals surface area contributed by atoms with Gasteiger partial charge in [0.15, 0.2) is 0 Å². The fourth-order valence-corrected chi connectivity index (χ4v) is 4.89. The normalized spacial score (nSPS) is 10.9. The van der Waals surface area contributed by atoms with Crippen molar-refractivity contribution in [2.24, 2.45) is 0 Å². The summed E-state index contributed by atoms with van der Waals surface area (Å²) in [6, 6.07) is 30.9. The van der Waals surface area contributed by atoms with Crippen molar-refractivity contribution >= 4 is 5.91 Å². The van der Waals surface area contributed by atoms with Crippen molar-refractivity contribution in [3.8, 4) is 16.9 Å². The lowest BCUT2D eigenvalue weighted by molar-refractivity contribution is 0.0732. The van der Waals surface area contributed by atoms with E-state index in [-0.39, 0.29) is 19.1 Å². The number of aliphatic hydroxyl groups is 1. The Labute approximate surface area is 248 Å². The monoisotopic (exact) mass is 579 g/mol. The van der Waals surface area contributed by atoms with Crippen LogP contribution in [-0.4, -0.2) is 38.8 Å². The van der Waals surface area contributed by atoms with Crippen LogP contribution in [-0.2, 0) is 19.7 Å². The number of ether oxygens (including phenoxy) is 1. The van der Waals surface area contributed by atoms with Gasteiger partial charge in [0.05, 0.1) is 6.54 Å². The fourth-order valence-electron chi connectivity index (χ4n) is 4.89. The lowest BCUT2D eigenvalue weighted by Gasteiger charge is -2.23. The van der Waals surface area contributed by atoms with Gasteiger partial charge in [0, 0.05) is 25.3 Å². The second kappa shape index (κ2) is 13.7. The van der Waals surface area contributed by atoms with Crippen LogP contribution < -0.4 is 16.2 Å². The van der Waals surface area contributed by atoms with Gasteiger partial charge in [-0.1, -0.05) is 66.7 Å². The molecule has 0 radical (unpaired) electrons. The SMILES string of the molecule is Cc1cc(C(=O)N(CCCO)Cc2ccccc2)ccc1-c1cccc(COc2ccc(Cn3oc(=O)[nH]c3=O)cc2)c1. The first kappa shape index (κ1) is 29.3. The molecule has 43 heavy (non-hydrogen) atoms. The highest BCUT2D eigenvalue weighted by molar-refractivity contribution is 5.95. The summed E-state index contributed by atoms with van der Waals surface area (Å²) in [6.07, 6.45) is 0.517. The van der Waals surface area contributed by atoms with Gasteiger partial charge in [-0.25, -0.2) is 14.6 Å². The van der Waals surface area contributed by atoms with Crippen molar-refractivity contribution in [3.05, 3.63) is 146 Å². The molecule has 0 bridgehead atoms. The van der Waals surface area contributed by atoms with Gasteiger partial charge in [-0.05, 0) is 77.1 Å². The van der Waals surface area contributed by atoms with E-state index in [1.807, 2.05) is 85.8 Å².